The molecule has 1 aliphatic rings. The van der Waals surface area contributed by atoms with E-state index in [9.17, 15) is 5.11 Å². The summed E-state index contributed by atoms with van der Waals surface area (Å²) in [7, 11) is 0. The Hall–Kier alpha value is -0.830. The van der Waals surface area contributed by atoms with Crippen molar-refractivity contribution in [2.75, 3.05) is 6.61 Å². The first-order valence-electron chi connectivity index (χ1n) is 5.83. The van der Waals surface area contributed by atoms with Gasteiger partial charge in [-0.15, -0.1) is 0 Å². The smallest absolute Gasteiger partial charge is 0.0596 e. The molecule has 0 spiro atoms. The fourth-order valence-electron chi connectivity index (χ4n) is 2.47. The van der Waals surface area contributed by atoms with Crippen LogP contribution in [0, 0.1) is 12.3 Å². The zero-order valence-electron chi connectivity index (χ0n) is 9.66. The summed E-state index contributed by atoms with van der Waals surface area (Å²) in [6.45, 7) is 5.38. The maximum absolute atomic E-state index is 9.44. The number of aromatic nitrogens is 2. The van der Waals surface area contributed by atoms with Crippen LogP contribution in [-0.2, 0) is 13.0 Å². The molecule has 0 atom stereocenters. The normalized spacial score (nSPS) is 18.9. The van der Waals surface area contributed by atoms with Gasteiger partial charge in [-0.25, -0.2) is 0 Å². The summed E-state index contributed by atoms with van der Waals surface area (Å²) in [6, 6.07) is 2.15. The molecule has 1 fully saturated rings. The van der Waals surface area contributed by atoms with E-state index in [0.717, 1.165) is 31.5 Å². The minimum atomic E-state index is 0.166. The van der Waals surface area contributed by atoms with Crippen molar-refractivity contribution in [1.82, 2.24) is 9.78 Å². The molecule has 1 aliphatic carbocycles. The van der Waals surface area contributed by atoms with Gasteiger partial charge >= 0.3 is 0 Å². The summed E-state index contributed by atoms with van der Waals surface area (Å²) < 4.78 is 2.06. The second-order valence-corrected chi connectivity index (χ2v) is 4.78. The molecule has 0 radical (unpaired) electrons. The van der Waals surface area contributed by atoms with Gasteiger partial charge in [-0.3, -0.25) is 4.68 Å². The number of aliphatic hydroxyl groups is 1. The Morgan fingerprint density at radius 2 is 2.27 bits per heavy atom. The van der Waals surface area contributed by atoms with E-state index < -0.39 is 0 Å². The molecule has 84 valence electrons. The second kappa shape index (κ2) is 3.97. The minimum absolute atomic E-state index is 0.166. The van der Waals surface area contributed by atoms with E-state index >= 15 is 0 Å². The molecular formula is C12H20N2O. The number of hydrogen-bond acceptors (Lipinski definition) is 2. The zero-order chi connectivity index (χ0) is 10.9. The third-order valence-electron chi connectivity index (χ3n) is 3.59. The van der Waals surface area contributed by atoms with Crippen molar-refractivity contribution in [2.24, 2.45) is 5.41 Å². The lowest BCUT2D eigenvalue weighted by Gasteiger charge is -2.40. The molecular weight excluding hydrogens is 188 g/mol. The maximum Gasteiger partial charge on any atom is 0.0596 e. The predicted octanol–water partition coefficient (Wildman–Crippen LogP) is 1.92. The Morgan fingerprint density at radius 3 is 2.73 bits per heavy atom. The quantitative estimate of drug-likeness (QED) is 0.821. The second-order valence-electron chi connectivity index (χ2n) is 4.78. The Balaban J connectivity index is 2.15. The third kappa shape index (κ3) is 1.93. The van der Waals surface area contributed by atoms with Crippen LogP contribution >= 0.6 is 0 Å². The van der Waals surface area contributed by atoms with Crippen molar-refractivity contribution < 1.29 is 5.11 Å². The third-order valence-corrected chi connectivity index (χ3v) is 3.59. The molecule has 0 bridgehead atoms. The predicted molar refractivity (Wildman–Crippen MR) is 59.7 cm³/mol. The standard InChI is InChI=1S/C12H20N2O/c1-3-14-11(7-10(2)13-14)8-12(9-15)5-4-6-12/h7,15H,3-6,8-9H2,1-2H3. The highest BCUT2D eigenvalue weighted by Crippen LogP contribution is 2.43. The largest absolute Gasteiger partial charge is 0.396 e. The molecule has 15 heavy (non-hydrogen) atoms. The summed E-state index contributed by atoms with van der Waals surface area (Å²) in [5, 5.41) is 13.9. The average molecular weight is 208 g/mol. The fraction of sp³-hybridized carbons (Fsp3) is 0.750. The summed E-state index contributed by atoms with van der Waals surface area (Å²) in [5.41, 5.74) is 2.53. The van der Waals surface area contributed by atoms with Gasteiger partial charge in [-0.2, -0.15) is 5.10 Å². The first kappa shape index (κ1) is 10.7. The number of aryl methyl sites for hydroxylation is 2. The van der Waals surface area contributed by atoms with Gasteiger partial charge in [0.15, 0.2) is 0 Å². The van der Waals surface area contributed by atoms with E-state index in [0.29, 0.717) is 6.61 Å². The first-order chi connectivity index (χ1) is 7.19. The summed E-state index contributed by atoms with van der Waals surface area (Å²) in [4.78, 5) is 0. The molecule has 0 aromatic carbocycles. The van der Waals surface area contributed by atoms with Crippen molar-refractivity contribution in [3.8, 4) is 0 Å². The highest BCUT2D eigenvalue weighted by molar-refractivity contribution is 5.12. The van der Waals surface area contributed by atoms with Gasteiger partial charge in [0.2, 0.25) is 0 Å². The summed E-state index contributed by atoms with van der Waals surface area (Å²) >= 11 is 0. The fourth-order valence-corrected chi connectivity index (χ4v) is 2.47. The minimum Gasteiger partial charge on any atom is -0.396 e. The van der Waals surface area contributed by atoms with Crippen LogP contribution in [0.4, 0.5) is 0 Å². The molecule has 1 heterocycles. The van der Waals surface area contributed by atoms with Crippen molar-refractivity contribution >= 4 is 0 Å². The van der Waals surface area contributed by atoms with Crippen molar-refractivity contribution in [3.05, 3.63) is 17.5 Å². The number of rotatable bonds is 4. The molecule has 1 aromatic heterocycles. The number of nitrogens with zero attached hydrogens (tertiary/aromatic N) is 2. The Labute approximate surface area is 91.1 Å². The van der Waals surface area contributed by atoms with Crippen LogP contribution < -0.4 is 0 Å². The Morgan fingerprint density at radius 1 is 1.53 bits per heavy atom. The topological polar surface area (TPSA) is 38.0 Å². The van der Waals surface area contributed by atoms with Gasteiger partial charge in [0.25, 0.3) is 0 Å². The molecule has 1 saturated carbocycles. The van der Waals surface area contributed by atoms with E-state index in [1.807, 2.05) is 6.92 Å². The lowest BCUT2D eigenvalue weighted by Crippen LogP contribution is -2.36. The van der Waals surface area contributed by atoms with E-state index in [1.54, 1.807) is 0 Å². The molecule has 3 heteroatoms. The van der Waals surface area contributed by atoms with E-state index in [1.165, 1.54) is 12.1 Å². The maximum atomic E-state index is 9.44. The number of hydrogen-bond donors (Lipinski definition) is 1. The molecule has 1 aromatic rings. The molecule has 0 unspecified atom stereocenters. The molecule has 2 rings (SSSR count). The molecule has 0 amide bonds. The zero-order valence-corrected chi connectivity index (χ0v) is 9.66. The van der Waals surface area contributed by atoms with Crippen LogP contribution in [0.1, 0.15) is 37.6 Å². The summed E-state index contributed by atoms with van der Waals surface area (Å²) in [6.07, 6.45) is 4.58. The van der Waals surface area contributed by atoms with Gasteiger partial charge in [0.05, 0.1) is 5.69 Å². The molecule has 0 saturated heterocycles. The van der Waals surface area contributed by atoms with Crippen LogP contribution in [0.2, 0.25) is 0 Å². The van der Waals surface area contributed by atoms with Crippen molar-refractivity contribution in [2.45, 2.75) is 46.1 Å². The lowest BCUT2D eigenvalue weighted by atomic mass is 9.66. The van der Waals surface area contributed by atoms with Gasteiger partial charge in [0, 0.05) is 18.8 Å². The Bertz CT molecular complexity index is 334. The van der Waals surface area contributed by atoms with Crippen LogP contribution in [0.15, 0.2) is 6.07 Å². The van der Waals surface area contributed by atoms with Gasteiger partial charge in [0.1, 0.15) is 0 Å². The van der Waals surface area contributed by atoms with Crippen LogP contribution in [-0.4, -0.2) is 21.5 Å². The highest BCUT2D eigenvalue weighted by atomic mass is 16.3. The van der Waals surface area contributed by atoms with Gasteiger partial charge in [-0.05, 0) is 44.6 Å². The molecule has 3 nitrogen and oxygen atoms in total. The van der Waals surface area contributed by atoms with Crippen LogP contribution in [0.3, 0.4) is 0 Å². The van der Waals surface area contributed by atoms with Crippen LogP contribution in [0.25, 0.3) is 0 Å². The van der Waals surface area contributed by atoms with Crippen molar-refractivity contribution in [3.63, 3.8) is 0 Å². The van der Waals surface area contributed by atoms with Gasteiger partial charge < -0.3 is 5.11 Å². The SMILES string of the molecule is CCn1nc(C)cc1CC1(CO)CCC1. The van der Waals surface area contributed by atoms with E-state index in [4.69, 9.17) is 0 Å². The summed E-state index contributed by atoms with van der Waals surface area (Å²) in [5.74, 6) is 0. The van der Waals surface area contributed by atoms with E-state index in [-0.39, 0.29) is 5.41 Å². The lowest BCUT2D eigenvalue weighted by molar-refractivity contribution is 0.0431. The molecule has 1 N–H and O–H groups in total. The first-order valence-corrected chi connectivity index (χ1v) is 5.83. The van der Waals surface area contributed by atoms with E-state index in [2.05, 4.69) is 22.8 Å². The number of aliphatic hydroxyl groups excluding tert-OH is 1. The molecule has 0 aliphatic heterocycles. The average Bonchev–Trinajstić information content (AvgIpc) is 2.52. The Kier molecular flexibility index (Phi) is 2.83. The highest BCUT2D eigenvalue weighted by Gasteiger charge is 2.37. The van der Waals surface area contributed by atoms with Crippen molar-refractivity contribution in [1.29, 1.82) is 0 Å². The van der Waals surface area contributed by atoms with Gasteiger partial charge in [-0.1, -0.05) is 6.42 Å². The van der Waals surface area contributed by atoms with Crippen LogP contribution in [0.5, 0.6) is 0 Å². The monoisotopic (exact) mass is 208 g/mol.